The number of rotatable bonds is 1. The van der Waals surface area contributed by atoms with E-state index in [0.29, 0.717) is 5.56 Å². The van der Waals surface area contributed by atoms with Crippen LogP contribution in [0.1, 0.15) is 0 Å². The molecule has 0 aliphatic rings. The number of hydrogen-bond acceptors (Lipinski definition) is 3. The van der Waals surface area contributed by atoms with Gasteiger partial charge in [-0.05, 0) is 24.3 Å². The molecule has 1 aromatic heterocycles. The van der Waals surface area contributed by atoms with E-state index in [1.54, 1.807) is 12.1 Å². The van der Waals surface area contributed by atoms with Crippen LogP contribution in [0.15, 0.2) is 24.3 Å². The zero-order chi connectivity index (χ0) is 12.6. The van der Waals surface area contributed by atoms with Crippen molar-refractivity contribution in [3.05, 3.63) is 40.3 Å². The van der Waals surface area contributed by atoms with Gasteiger partial charge in [-0.2, -0.15) is 4.39 Å². The number of halogens is 3. The fourth-order valence-electron chi connectivity index (χ4n) is 1.34. The van der Waals surface area contributed by atoms with Gasteiger partial charge in [0.15, 0.2) is 0 Å². The Morgan fingerprint density at radius 3 is 2.22 bits per heavy atom. The van der Waals surface area contributed by atoms with Crippen LogP contribution >= 0.6 is 23.2 Å². The average Bonchev–Trinajstić information content (AvgIpc) is 2.32. The SMILES string of the molecule is Nc1c(Cl)c(F)nc(-c2ccc(O)cc2)c1Cl.[NaH]. The summed E-state index contributed by atoms with van der Waals surface area (Å²) in [4.78, 5) is 3.64. The van der Waals surface area contributed by atoms with Crippen molar-refractivity contribution >= 4 is 58.4 Å². The summed E-state index contributed by atoms with van der Waals surface area (Å²) in [7, 11) is 0. The summed E-state index contributed by atoms with van der Waals surface area (Å²) in [6, 6.07) is 5.98. The van der Waals surface area contributed by atoms with E-state index >= 15 is 0 Å². The molecule has 0 bridgehead atoms. The van der Waals surface area contributed by atoms with E-state index in [-0.39, 0.29) is 56.7 Å². The number of phenolic OH excluding ortho intramolecular Hbond substituents is 1. The molecule has 0 aliphatic carbocycles. The molecule has 7 heteroatoms. The van der Waals surface area contributed by atoms with E-state index in [0.717, 1.165) is 0 Å². The second-order valence-corrected chi connectivity index (χ2v) is 4.10. The first-order valence-corrected chi connectivity index (χ1v) is 5.35. The maximum atomic E-state index is 13.4. The van der Waals surface area contributed by atoms with Gasteiger partial charge in [0, 0.05) is 5.56 Å². The number of nitrogen functional groups attached to an aromatic ring is 1. The van der Waals surface area contributed by atoms with E-state index in [1.165, 1.54) is 12.1 Å². The Labute approximate surface area is 135 Å². The summed E-state index contributed by atoms with van der Waals surface area (Å²) in [6.07, 6.45) is 0. The van der Waals surface area contributed by atoms with Crippen LogP contribution in [0.2, 0.25) is 10.0 Å². The molecule has 3 nitrogen and oxygen atoms in total. The van der Waals surface area contributed by atoms with Crippen LogP contribution in [0.5, 0.6) is 5.75 Å². The van der Waals surface area contributed by atoms with Gasteiger partial charge in [-0.15, -0.1) is 0 Å². The van der Waals surface area contributed by atoms with Gasteiger partial charge in [0.1, 0.15) is 10.8 Å². The summed E-state index contributed by atoms with van der Waals surface area (Å²) in [5.41, 5.74) is 6.23. The third-order valence-corrected chi connectivity index (χ3v) is 2.95. The topological polar surface area (TPSA) is 59.1 Å². The molecule has 0 spiro atoms. The van der Waals surface area contributed by atoms with E-state index in [4.69, 9.17) is 34.0 Å². The number of pyridine rings is 1. The molecule has 0 radical (unpaired) electrons. The van der Waals surface area contributed by atoms with Crippen LogP contribution in [0, 0.1) is 5.95 Å². The van der Waals surface area contributed by atoms with E-state index in [2.05, 4.69) is 4.98 Å². The molecule has 0 aliphatic heterocycles. The monoisotopic (exact) mass is 296 g/mol. The van der Waals surface area contributed by atoms with Gasteiger partial charge >= 0.3 is 29.6 Å². The van der Waals surface area contributed by atoms with Crippen molar-refractivity contribution < 1.29 is 9.50 Å². The Morgan fingerprint density at radius 2 is 1.67 bits per heavy atom. The normalized spacial score (nSPS) is 9.94. The van der Waals surface area contributed by atoms with Crippen LogP contribution in [-0.4, -0.2) is 39.6 Å². The molecule has 0 atom stereocenters. The number of aromatic hydroxyl groups is 1. The van der Waals surface area contributed by atoms with Crippen LogP contribution in [-0.2, 0) is 0 Å². The predicted molar refractivity (Wildman–Crippen MR) is 72.9 cm³/mol. The van der Waals surface area contributed by atoms with Crippen LogP contribution < -0.4 is 5.73 Å². The second-order valence-electron chi connectivity index (χ2n) is 3.34. The molecule has 3 N–H and O–H groups in total. The predicted octanol–water partition coefficient (Wildman–Crippen LogP) is 2.83. The molecule has 0 unspecified atom stereocenters. The third kappa shape index (κ3) is 2.90. The Balaban J connectivity index is 0.00000162. The number of aromatic nitrogens is 1. The molecule has 90 valence electrons. The molecular formula is C11H8Cl2FN2NaO. The number of nitrogens with zero attached hydrogens (tertiary/aromatic N) is 1. The molecule has 1 heterocycles. The van der Waals surface area contributed by atoms with Crippen molar-refractivity contribution in [3.63, 3.8) is 0 Å². The van der Waals surface area contributed by atoms with Crippen molar-refractivity contribution in [1.82, 2.24) is 4.98 Å². The van der Waals surface area contributed by atoms with Crippen LogP contribution in [0.25, 0.3) is 11.3 Å². The van der Waals surface area contributed by atoms with Gasteiger partial charge in [0.25, 0.3) is 0 Å². The van der Waals surface area contributed by atoms with Gasteiger partial charge in [-0.3, -0.25) is 0 Å². The summed E-state index contributed by atoms with van der Waals surface area (Å²) in [5, 5.41) is 8.94. The molecular weight excluding hydrogens is 289 g/mol. The fraction of sp³-hybridized carbons (Fsp3) is 0. The zero-order valence-corrected chi connectivity index (χ0v) is 9.93. The first kappa shape index (κ1) is 15.5. The van der Waals surface area contributed by atoms with Crippen molar-refractivity contribution in [2.45, 2.75) is 0 Å². The quantitative estimate of drug-likeness (QED) is 0.628. The number of anilines is 1. The molecule has 0 amide bonds. The van der Waals surface area contributed by atoms with E-state index in [9.17, 15) is 4.39 Å². The summed E-state index contributed by atoms with van der Waals surface area (Å²) in [5.74, 6) is -0.788. The van der Waals surface area contributed by atoms with Crippen molar-refractivity contribution in [3.8, 4) is 17.0 Å². The fourth-order valence-corrected chi connectivity index (χ4v) is 1.77. The molecule has 2 rings (SSSR count). The third-order valence-electron chi connectivity index (χ3n) is 2.21. The van der Waals surface area contributed by atoms with Crippen molar-refractivity contribution in [1.29, 1.82) is 0 Å². The van der Waals surface area contributed by atoms with Gasteiger partial charge in [-0.1, -0.05) is 23.2 Å². The summed E-state index contributed by atoms with van der Waals surface area (Å²) < 4.78 is 13.4. The minimum atomic E-state index is -0.878. The Bertz CT molecular complexity index is 578. The Kier molecular flexibility index (Phi) is 5.25. The number of phenols is 1. The second kappa shape index (κ2) is 6.08. The standard InChI is InChI=1S/C11H7Cl2FN2O.Na.H/c12-7-9(15)8(13)11(14)16-10(7)5-1-3-6(17)4-2-5;;/h1-4,17H,(H2,15,16);;. The first-order chi connectivity index (χ1) is 8.00. The van der Waals surface area contributed by atoms with E-state index < -0.39 is 5.95 Å². The molecule has 2 aromatic rings. The molecule has 0 fully saturated rings. The average molecular weight is 297 g/mol. The number of hydrogen-bond donors (Lipinski definition) is 2. The maximum absolute atomic E-state index is 13.4. The molecule has 0 saturated heterocycles. The Hall–Kier alpha value is -0.520. The zero-order valence-electron chi connectivity index (χ0n) is 8.42. The summed E-state index contributed by atoms with van der Waals surface area (Å²) >= 11 is 11.5. The van der Waals surface area contributed by atoms with Crippen molar-refractivity contribution in [2.24, 2.45) is 0 Å². The number of nitrogens with two attached hydrogens (primary N) is 1. The number of benzene rings is 1. The van der Waals surface area contributed by atoms with Crippen LogP contribution in [0.3, 0.4) is 0 Å². The van der Waals surface area contributed by atoms with Gasteiger partial charge in [-0.25, -0.2) is 4.98 Å². The van der Waals surface area contributed by atoms with Gasteiger partial charge in [0.05, 0.1) is 16.4 Å². The summed E-state index contributed by atoms with van der Waals surface area (Å²) in [6.45, 7) is 0. The van der Waals surface area contributed by atoms with Gasteiger partial charge < -0.3 is 10.8 Å². The van der Waals surface area contributed by atoms with E-state index in [1.807, 2.05) is 0 Å². The molecule has 0 saturated carbocycles. The molecule has 18 heavy (non-hydrogen) atoms. The Morgan fingerprint density at radius 1 is 1.11 bits per heavy atom. The van der Waals surface area contributed by atoms with Gasteiger partial charge in [0.2, 0.25) is 5.95 Å². The first-order valence-electron chi connectivity index (χ1n) is 4.60. The minimum absolute atomic E-state index is 0. The van der Waals surface area contributed by atoms with Crippen LogP contribution in [0.4, 0.5) is 10.1 Å². The molecule has 1 aromatic carbocycles. The van der Waals surface area contributed by atoms with Crippen molar-refractivity contribution in [2.75, 3.05) is 5.73 Å².